The van der Waals surface area contributed by atoms with E-state index in [1.165, 1.54) is 6.42 Å². The van der Waals surface area contributed by atoms with Gasteiger partial charge in [0.05, 0.1) is 5.60 Å². The summed E-state index contributed by atoms with van der Waals surface area (Å²) in [6.07, 6.45) is 6.97. The third-order valence-corrected chi connectivity index (χ3v) is 7.24. The Kier molecular flexibility index (Phi) is 11.1. The summed E-state index contributed by atoms with van der Waals surface area (Å²) in [5.74, 6) is 0.562. The summed E-state index contributed by atoms with van der Waals surface area (Å²) < 4.78 is 67.8. The van der Waals surface area contributed by atoms with Crippen LogP contribution in [0.2, 0.25) is 0 Å². The zero-order chi connectivity index (χ0) is 21.5. The summed E-state index contributed by atoms with van der Waals surface area (Å²) in [5, 5.41) is 6.51. The second-order valence-corrected chi connectivity index (χ2v) is 9.72. The number of sulfonamides is 1. The van der Waals surface area contributed by atoms with Crippen molar-refractivity contribution in [1.29, 1.82) is 0 Å². The summed E-state index contributed by atoms with van der Waals surface area (Å²) in [7, 11) is -3.62. The first-order valence-corrected chi connectivity index (χ1v) is 11.7. The van der Waals surface area contributed by atoms with E-state index in [2.05, 4.69) is 22.5 Å². The van der Waals surface area contributed by atoms with Gasteiger partial charge in [-0.1, -0.05) is 26.2 Å². The van der Waals surface area contributed by atoms with Gasteiger partial charge in [-0.05, 0) is 32.1 Å². The van der Waals surface area contributed by atoms with Crippen molar-refractivity contribution < 1.29 is 26.3 Å². The van der Waals surface area contributed by atoms with Gasteiger partial charge in [0.1, 0.15) is 0 Å². The maximum absolute atomic E-state index is 12.7. The molecule has 1 aliphatic heterocycles. The Labute approximate surface area is 194 Å². The molecule has 2 N–H and O–H groups in total. The average Bonchev–Trinajstić information content (AvgIpc) is 2.70. The molecule has 0 amide bonds. The lowest BCUT2D eigenvalue weighted by atomic mass is 9.84. The zero-order valence-electron chi connectivity index (χ0n) is 17.6. The molecule has 0 aromatic rings. The number of aliphatic imine (C=N–C) groups is 1. The van der Waals surface area contributed by atoms with Crippen LogP contribution in [0.15, 0.2) is 4.99 Å². The van der Waals surface area contributed by atoms with Crippen molar-refractivity contribution in [2.45, 2.75) is 75.4 Å². The lowest BCUT2D eigenvalue weighted by molar-refractivity contribution is -0.0657. The molecule has 0 unspecified atom stereocenters. The minimum absolute atomic E-state index is 0. The van der Waals surface area contributed by atoms with E-state index in [9.17, 15) is 21.6 Å². The predicted octanol–water partition coefficient (Wildman–Crippen LogP) is 3.21. The Balaban J connectivity index is 0.00000450. The molecule has 2 aliphatic rings. The van der Waals surface area contributed by atoms with E-state index in [4.69, 9.17) is 4.74 Å². The number of hydrogen-bond acceptors (Lipinski definition) is 4. The fourth-order valence-electron chi connectivity index (χ4n) is 3.91. The SMILES string of the molecule is CCCOC1(CNC(=NC)NC2CCN(S(=O)(=O)C(F)(F)F)CC2)CCCCC1.I. The van der Waals surface area contributed by atoms with Crippen LogP contribution in [0, 0.1) is 0 Å². The van der Waals surface area contributed by atoms with Crippen LogP contribution in [-0.4, -0.2) is 69.1 Å². The molecule has 0 radical (unpaired) electrons. The van der Waals surface area contributed by atoms with Crippen molar-refractivity contribution in [2.75, 3.05) is 33.3 Å². The molecule has 2 rings (SSSR count). The van der Waals surface area contributed by atoms with E-state index in [0.29, 0.717) is 23.4 Å². The standard InChI is InChI=1S/C18H33F3N4O3S.HI/c1-3-13-28-17(9-5-4-6-10-17)14-23-16(22-2)24-15-7-11-25(12-8-15)29(26,27)18(19,20)21;/h15H,3-14H2,1-2H3,(H2,22,23,24);1H. The Morgan fingerprint density at radius 1 is 1.20 bits per heavy atom. The molecule has 0 atom stereocenters. The summed E-state index contributed by atoms with van der Waals surface area (Å²) in [4.78, 5) is 4.21. The van der Waals surface area contributed by atoms with Crippen LogP contribution in [0.4, 0.5) is 13.2 Å². The summed E-state index contributed by atoms with van der Waals surface area (Å²) in [6, 6.07) is -0.139. The normalized spacial score (nSPS) is 21.7. The van der Waals surface area contributed by atoms with Crippen LogP contribution in [-0.2, 0) is 14.8 Å². The van der Waals surface area contributed by atoms with Gasteiger partial charge in [-0.25, -0.2) is 8.42 Å². The van der Waals surface area contributed by atoms with Crippen molar-refractivity contribution in [3.8, 4) is 0 Å². The van der Waals surface area contributed by atoms with Gasteiger partial charge >= 0.3 is 15.5 Å². The van der Waals surface area contributed by atoms with E-state index in [-0.39, 0.29) is 61.6 Å². The fourth-order valence-corrected chi connectivity index (χ4v) is 4.89. The van der Waals surface area contributed by atoms with Gasteiger partial charge in [-0.15, -0.1) is 24.0 Å². The highest BCUT2D eigenvalue weighted by atomic mass is 127. The molecule has 12 heteroatoms. The fraction of sp³-hybridized carbons (Fsp3) is 0.944. The lowest BCUT2D eigenvalue weighted by Crippen LogP contribution is -2.54. The highest BCUT2D eigenvalue weighted by Crippen LogP contribution is 2.31. The lowest BCUT2D eigenvalue weighted by Gasteiger charge is -2.38. The van der Waals surface area contributed by atoms with Gasteiger partial charge in [0.15, 0.2) is 5.96 Å². The molecule has 0 aromatic carbocycles. The number of ether oxygens (including phenoxy) is 1. The molecule has 30 heavy (non-hydrogen) atoms. The first kappa shape index (κ1) is 27.7. The van der Waals surface area contributed by atoms with Crippen molar-refractivity contribution >= 4 is 40.0 Å². The summed E-state index contributed by atoms with van der Waals surface area (Å²) >= 11 is 0. The molecule has 2 fully saturated rings. The third kappa shape index (κ3) is 7.37. The number of halogens is 4. The Morgan fingerprint density at radius 3 is 2.30 bits per heavy atom. The first-order valence-electron chi connectivity index (χ1n) is 10.3. The summed E-state index contributed by atoms with van der Waals surface area (Å²) in [5.41, 5.74) is -5.46. The molecule has 178 valence electrons. The average molecular weight is 570 g/mol. The van der Waals surface area contributed by atoms with Gasteiger partial charge in [0.25, 0.3) is 0 Å². The number of nitrogens with zero attached hydrogens (tertiary/aromatic N) is 2. The number of hydrogen-bond donors (Lipinski definition) is 2. The zero-order valence-corrected chi connectivity index (χ0v) is 20.8. The molecule has 0 spiro atoms. The van der Waals surface area contributed by atoms with Gasteiger partial charge < -0.3 is 15.4 Å². The minimum Gasteiger partial charge on any atom is -0.373 e. The van der Waals surface area contributed by atoms with Crippen LogP contribution < -0.4 is 10.6 Å². The largest absolute Gasteiger partial charge is 0.511 e. The molecule has 0 aromatic heterocycles. The predicted molar refractivity (Wildman–Crippen MR) is 122 cm³/mol. The number of alkyl halides is 3. The molecular formula is C18H34F3IN4O3S. The molecule has 0 bridgehead atoms. The molecule has 7 nitrogen and oxygen atoms in total. The van der Waals surface area contributed by atoms with E-state index >= 15 is 0 Å². The summed E-state index contributed by atoms with van der Waals surface area (Å²) in [6.45, 7) is 3.07. The van der Waals surface area contributed by atoms with Crippen LogP contribution >= 0.6 is 24.0 Å². The van der Waals surface area contributed by atoms with Crippen molar-refractivity contribution in [3.63, 3.8) is 0 Å². The van der Waals surface area contributed by atoms with E-state index in [0.717, 1.165) is 32.1 Å². The minimum atomic E-state index is -5.26. The molecular weight excluding hydrogens is 536 g/mol. The van der Waals surface area contributed by atoms with E-state index in [1.807, 2.05) is 0 Å². The second-order valence-electron chi connectivity index (χ2n) is 7.79. The topological polar surface area (TPSA) is 83.0 Å². The molecule has 1 aliphatic carbocycles. The Morgan fingerprint density at radius 2 is 1.80 bits per heavy atom. The van der Waals surface area contributed by atoms with E-state index in [1.54, 1.807) is 7.05 Å². The number of rotatable bonds is 7. The third-order valence-electron chi connectivity index (χ3n) is 5.61. The van der Waals surface area contributed by atoms with Crippen LogP contribution in [0.25, 0.3) is 0 Å². The maximum Gasteiger partial charge on any atom is 0.511 e. The number of piperidine rings is 1. The van der Waals surface area contributed by atoms with E-state index < -0.39 is 15.5 Å². The maximum atomic E-state index is 12.7. The number of nitrogens with one attached hydrogen (secondary N) is 2. The van der Waals surface area contributed by atoms with Gasteiger partial charge in [0.2, 0.25) is 0 Å². The van der Waals surface area contributed by atoms with Crippen molar-refractivity contribution in [1.82, 2.24) is 14.9 Å². The highest BCUT2D eigenvalue weighted by molar-refractivity contribution is 14.0. The monoisotopic (exact) mass is 570 g/mol. The molecule has 1 saturated carbocycles. The van der Waals surface area contributed by atoms with Gasteiger partial charge in [-0.2, -0.15) is 17.5 Å². The van der Waals surface area contributed by atoms with Gasteiger partial charge in [-0.3, -0.25) is 4.99 Å². The van der Waals surface area contributed by atoms with Crippen LogP contribution in [0.5, 0.6) is 0 Å². The Bertz CT molecular complexity index is 648. The smallest absolute Gasteiger partial charge is 0.373 e. The van der Waals surface area contributed by atoms with Crippen molar-refractivity contribution in [3.05, 3.63) is 0 Å². The molecule has 1 heterocycles. The van der Waals surface area contributed by atoms with Crippen LogP contribution in [0.3, 0.4) is 0 Å². The van der Waals surface area contributed by atoms with Crippen molar-refractivity contribution in [2.24, 2.45) is 4.99 Å². The second kappa shape index (κ2) is 12.0. The molecule has 1 saturated heterocycles. The number of guanidine groups is 1. The van der Waals surface area contributed by atoms with Gasteiger partial charge in [0, 0.05) is 39.3 Å². The highest BCUT2D eigenvalue weighted by Gasteiger charge is 2.50. The Hall–Kier alpha value is -0.340. The first-order chi connectivity index (χ1) is 13.6. The van der Waals surface area contributed by atoms with Crippen LogP contribution in [0.1, 0.15) is 58.3 Å². The quantitative estimate of drug-likeness (QED) is 0.279.